The summed E-state index contributed by atoms with van der Waals surface area (Å²) < 4.78 is 0. The van der Waals surface area contributed by atoms with E-state index in [0.717, 1.165) is 24.5 Å². The van der Waals surface area contributed by atoms with Crippen molar-refractivity contribution in [3.8, 4) is 0 Å². The van der Waals surface area contributed by atoms with Gasteiger partial charge in [-0.15, -0.1) is 0 Å². The lowest BCUT2D eigenvalue weighted by Gasteiger charge is -2.33. The third kappa shape index (κ3) is 5.32. The largest absolute Gasteiger partial charge is 0.395 e. The highest BCUT2D eigenvalue weighted by Gasteiger charge is 2.19. The van der Waals surface area contributed by atoms with Crippen molar-refractivity contribution >= 4 is 15.9 Å². The zero-order chi connectivity index (χ0) is 10.9. The molecular formula is C12H24BrNO. The van der Waals surface area contributed by atoms with E-state index in [1.54, 1.807) is 0 Å². The van der Waals surface area contributed by atoms with E-state index in [1.807, 2.05) is 0 Å². The minimum absolute atomic E-state index is 0.310. The van der Waals surface area contributed by atoms with Gasteiger partial charge in [0.2, 0.25) is 0 Å². The predicted molar refractivity (Wildman–Crippen MR) is 68.6 cm³/mol. The van der Waals surface area contributed by atoms with Crippen LogP contribution in [0.4, 0.5) is 0 Å². The Hall–Kier alpha value is 0.400. The molecule has 0 atom stereocenters. The first-order chi connectivity index (χ1) is 7.38. The first kappa shape index (κ1) is 13.5. The van der Waals surface area contributed by atoms with Crippen LogP contribution in [0.1, 0.15) is 44.9 Å². The van der Waals surface area contributed by atoms with Crippen molar-refractivity contribution in [3.05, 3.63) is 0 Å². The summed E-state index contributed by atoms with van der Waals surface area (Å²) in [6.45, 7) is 2.34. The maximum atomic E-state index is 9.07. The first-order valence-corrected chi connectivity index (χ1v) is 7.41. The molecular weight excluding hydrogens is 254 g/mol. The van der Waals surface area contributed by atoms with Gasteiger partial charge in [-0.1, -0.05) is 35.2 Å². The summed E-state index contributed by atoms with van der Waals surface area (Å²) in [7, 11) is 0. The molecule has 1 aliphatic rings. The minimum atomic E-state index is 0.310. The average molecular weight is 278 g/mol. The number of aliphatic hydroxyl groups excluding tert-OH is 1. The standard InChI is InChI=1S/C12H24BrNO/c13-8-4-5-9-14(10-11-15)12-6-2-1-3-7-12/h12,15H,1-11H2. The molecule has 1 rings (SSSR count). The van der Waals surface area contributed by atoms with Gasteiger partial charge in [0.1, 0.15) is 0 Å². The van der Waals surface area contributed by atoms with E-state index in [1.165, 1.54) is 44.9 Å². The molecule has 0 aromatic carbocycles. The molecule has 2 nitrogen and oxygen atoms in total. The number of alkyl halides is 1. The molecule has 1 N–H and O–H groups in total. The highest BCUT2D eigenvalue weighted by atomic mass is 79.9. The first-order valence-electron chi connectivity index (χ1n) is 6.29. The average Bonchev–Trinajstić information content (AvgIpc) is 2.29. The van der Waals surface area contributed by atoms with Crippen LogP contribution < -0.4 is 0 Å². The maximum Gasteiger partial charge on any atom is 0.0558 e. The topological polar surface area (TPSA) is 23.5 Å². The molecule has 0 heterocycles. The molecule has 0 radical (unpaired) electrons. The van der Waals surface area contributed by atoms with Crippen molar-refractivity contribution in [2.45, 2.75) is 51.0 Å². The molecule has 0 unspecified atom stereocenters. The van der Waals surface area contributed by atoms with Crippen LogP contribution in [-0.4, -0.2) is 41.1 Å². The van der Waals surface area contributed by atoms with Crippen LogP contribution in [0.25, 0.3) is 0 Å². The highest BCUT2D eigenvalue weighted by Crippen LogP contribution is 2.22. The van der Waals surface area contributed by atoms with Gasteiger partial charge in [-0.3, -0.25) is 4.90 Å². The van der Waals surface area contributed by atoms with Crippen LogP contribution in [0.15, 0.2) is 0 Å². The Balaban J connectivity index is 2.26. The van der Waals surface area contributed by atoms with Gasteiger partial charge >= 0.3 is 0 Å². The summed E-state index contributed by atoms with van der Waals surface area (Å²) in [5, 5.41) is 10.2. The molecule has 1 saturated carbocycles. The number of unbranched alkanes of at least 4 members (excludes halogenated alkanes) is 1. The lowest BCUT2D eigenvalue weighted by molar-refractivity contribution is 0.122. The molecule has 15 heavy (non-hydrogen) atoms. The molecule has 0 aromatic rings. The number of halogens is 1. The zero-order valence-corrected chi connectivity index (χ0v) is 11.2. The molecule has 0 spiro atoms. The van der Waals surface area contributed by atoms with Crippen molar-refractivity contribution in [2.24, 2.45) is 0 Å². The Morgan fingerprint density at radius 1 is 1.07 bits per heavy atom. The maximum absolute atomic E-state index is 9.07. The van der Waals surface area contributed by atoms with Crippen molar-refractivity contribution in [2.75, 3.05) is 25.0 Å². The molecule has 90 valence electrons. The van der Waals surface area contributed by atoms with Crippen LogP contribution in [0.2, 0.25) is 0 Å². The van der Waals surface area contributed by atoms with Crippen LogP contribution >= 0.6 is 15.9 Å². The van der Waals surface area contributed by atoms with Gasteiger partial charge < -0.3 is 5.11 Å². The summed E-state index contributed by atoms with van der Waals surface area (Å²) in [5.74, 6) is 0. The van der Waals surface area contributed by atoms with Crippen LogP contribution in [0.3, 0.4) is 0 Å². The number of rotatable bonds is 7. The Labute approximate surface area is 102 Å². The number of nitrogens with zero attached hydrogens (tertiary/aromatic N) is 1. The Bertz CT molecular complexity index is 149. The lowest BCUT2D eigenvalue weighted by Crippen LogP contribution is -2.39. The number of hydrogen-bond acceptors (Lipinski definition) is 2. The Morgan fingerprint density at radius 2 is 1.80 bits per heavy atom. The normalized spacial score (nSPS) is 18.6. The second-order valence-corrected chi connectivity index (χ2v) is 5.24. The van der Waals surface area contributed by atoms with E-state index in [4.69, 9.17) is 5.11 Å². The summed E-state index contributed by atoms with van der Waals surface area (Å²) in [4.78, 5) is 2.50. The van der Waals surface area contributed by atoms with Gasteiger partial charge in [0.25, 0.3) is 0 Å². The van der Waals surface area contributed by atoms with Gasteiger partial charge in [0, 0.05) is 17.9 Å². The Kier molecular flexibility index (Phi) is 7.67. The molecule has 0 saturated heterocycles. The molecule has 3 heteroatoms. The van der Waals surface area contributed by atoms with Crippen LogP contribution in [-0.2, 0) is 0 Å². The van der Waals surface area contributed by atoms with Crippen molar-refractivity contribution in [1.29, 1.82) is 0 Å². The lowest BCUT2D eigenvalue weighted by atomic mass is 9.94. The summed E-state index contributed by atoms with van der Waals surface area (Å²) in [5.41, 5.74) is 0. The third-order valence-electron chi connectivity index (χ3n) is 3.31. The summed E-state index contributed by atoms with van der Waals surface area (Å²) in [6.07, 6.45) is 9.35. The Morgan fingerprint density at radius 3 is 2.40 bits per heavy atom. The van der Waals surface area contributed by atoms with Crippen molar-refractivity contribution in [1.82, 2.24) is 4.90 Å². The van der Waals surface area contributed by atoms with E-state index in [9.17, 15) is 0 Å². The molecule has 0 bridgehead atoms. The molecule has 0 aliphatic heterocycles. The number of aliphatic hydroxyl groups is 1. The fraction of sp³-hybridized carbons (Fsp3) is 1.00. The molecule has 1 fully saturated rings. The second kappa shape index (κ2) is 8.54. The van der Waals surface area contributed by atoms with E-state index in [2.05, 4.69) is 20.8 Å². The van der Waals surface area contributed by atoms with Gasteiger partial charge in [0.15, 0.2) is 0 Å². The second-order valence-electron chi connectivity index (χ2n) is 4.45. The van der Waals surface area contributed by atoms with E-state index in [0.29, 0.717) is 6.61 Å². The van der Waals surface area contributed by atoms with E-state index >= 15 is 0 Å². The smallest absolute Gasteiger partial charge is 0.0558 e. The highest BCUT2D eigenvalue weighted by molar-refractivity contribution is 9.09. The molecule has 0 aromatic heterocycles. The van der Waals surface area contributed by atoms with Gasteiger partial charge in [-0.25, -0.2) is 0 Å². The van der Waals surface area contributed by atoms with Gasteiger partial charge in [-0.05, 0) is 32.2 Å². The van der Waals surface area contributed by atoms with Crippen LogP contribution in [0.5, 0.6) is 0 Å². The quantitative estimate of drug-likeness (QED) is 0.572. The molecule has 1 aliphatic carbocycles. The van der Waals surface area contributed by atoms with Crippen LogP contribution in [0, 0.1) is 0 Å². The van der Waals surface area contributed by atoms with E-state index in [-0.39, 0.29) is 0 Å². The monoisotopic (exact) mass is 277 g/mol. The third-order valence-corrected chi connectivity index (χ3v) is 3.87. The SMILES string of the molecule is OCCN(CCCCBr)C1CCCCC1. The van der Waals surface area contributed by atoms with Gasteiger partial charge in [-0.2, -0.15) is 0 Å². The van der Waals surface area contributed by atoms with Crippen molar-refractivity contribution < 1.29 is 5.11 Å². The van der Waals surface area contributed by atoms with Crippen molar-refractivity contribution in [3.63, 3.8) is 0 Å². The fourth-order valence-electron chi connectivity index (χ4n) is 2.46. The zero-order valence-electron chi connectivity index (χ0n) is 9.63. The van der Waals surface area contributed by atoms with E-state index < -0.39 is 0 Å². The van der Waals surface area contributed by atoms with Gasteiger partial charge in [0.05, 0.1) is 6.61 Å². The fourth-order valence-corrected chi connectivity index (χ4v) is 2.86. The predicted octanol–water partition coefficient (Wildman–Crippen LogP) is 2.79. The minimum Gasteiger partial charge on any atom is -0.395 e. The summed E-state index contributed by atoms with van der Waals surface area (Å²) in [6, 6.07) is 0.751. The summed E-state index contributed by atoms with van der Waals surface area (Å²) >= 11 is 3.47. The molecule has 0 amide bonds. The number of hydrogen-bond donors (Lipinski definition) is 1.